The molecule has 0 fully saturated rings. The Bertz CT molecular complexity index is 680. The summed E-state index contributed by atoms with van der Waals surface area (Å²) in [4.78, 5) is 37.0. The number of hydrogen-bond donors (Lipinski definition) is 1. The van der Waals surface area contributed by atoms with Gasteiger partial charge in [0.1, 0.15) is 17.9 Å². The molecule has 8 heteroatoms. The number of carbonyl (C=O) groups is 3. The van der Waals surface area contributed by atoms with Crippen LogP contribution in [0.15, 0.2) is 18.2 Å². The van der Waals surface area contributed by atoms with Gasteiger partial charge in [-0.25, -0.2) is 4.79 Å². The first-order valence-corrected chi connectivity index (χ1v) is 7.92. The van der Waals surface area contributed by atoms with Crippen LogP contribution in [0.1, 0.15) is 27.7 Å². The van der Waals surface area contributed by atoms with Gasteiger partial charge in [-0.15, -0.1) is 0 Å². The predicted molar refractivity (Wildman–Crippen MR) is 90.8 cm³/mol. The van der Waals surface area contributed by atoms with E-state index in [1.807, 2.05) is 0 Å². The quantitative estimate of drug-likeness (QED) is 0.838. The van der Waals surface area contributed by atoms with Crippen molar-refractivity contribution in [3.63, 3.8) is 0 Å². The Labute approximate surface area is 146 Å². The van der Waals surface area contributed by atoms with Crippen LogP contribution in [0, 0.1) is 0 Å². The van der Waals surface area contributed by atoms with Gasteiger partial charge in [0.2, 0.25) is 0 Å². The maximum Gasteiger partial charge on any atom is 0.412 e. The van der Waals surface area contributed by atoms with Gasteiger partial charge in [0, 0.05) is 5.69 Å². The lowest BCUT2D eigenvalue weighted by atomic mass is 10.2. The standard InChI is InChI=1S/C17H22N2O6/c1-5-23-15(21)9-19-12-8-11(18-16(22)25-17(2,3)4)6-7-13(12)24-10-14(19)20/h6-8H,5,9-10H2,1-4H3,(H,18,22). The molecule has 0 saturated carbocycles. The Hall–Kier alpha value is -2.77. The fourth-order valence-corrected chi connectivity index (χ4v) is 2.21. The van der Waals surface area contributed by atoms with Crippen LogP contribution >= 0.6 is 0 Å². The van der Waals surface area contributed by atoms with E-state index in [-0.39, 0.29) is 25.7 Å². The molecule has 1 aliphatic heterocycles. The van der Waals surface area contributed by atoms with Crippen LogP contribution in [0.25, 0.3) is 0 Å². The zero-order valence-corrected chi connectivity index (χ0v) is 14.8. The highest BCUT2D eigenvalue weighted by Gasteiger charge is 2.28. The zero-order valence-electron chi connectivity index (χ0n) is 14.8. The molecule has 1 N–H and O–H groups in total. The monoisotopic (exact) mass is 350 g/mol. The van der Waals surface area contributed by atoms with Crippen LogP contribution in [-0.4, -0.2) is 43.3 Å². The molecule has 25 heavy (non-hydrogen) atoms. The lowest BCUT2D eigenvalue weighted by molar-refractivity contribution is -0.142. The summed E-state index contributed by atoms with van der Waals surface area (Å²) >= 11 is 0. The summed E-state index contributed by atoms with van der Waals surface area (Å²) in [5.74, 6) is -0.442. The van der Waals surface area contributed by atoms with Gasteiger partial charge in [0.25, 0.3) is 5.91 Å². The summed E-state index contributed by atoms with van der Waals surface area (Å²) < 4.78 is 15.4. The summed E-state index contributed by atoms with van der Waals surface area (Å²) in [7, 11) is 0. The van der Waals surface area contributed by atoms with E-state index < -0.39 is 17.7 Å². The molecule has 0 spiro atoms. The van der Waals surface area contributed by atoms with E-state index in [4.69, 9.17) is 14.2 Å². The molecule has 0 saturated heterocycles. The largest absolute Gasteiger partial charge is 0.482 e. The minimum Gasteiger partial charge on any atom is -0.482 e. The van der Waals surface area contributed by atoms with E-state index in [0.29, 0.717) is 17.1 Å². The lowest BCUT2D eigenvalue weighted by Crippen LogP contribution is -2.42. The number of rotatable bonds is 4. The maximum atomic E-state index is 12.1. The Balaban J connectivity index is 2.20. The van der Waals surface area contributed by atoms with Crippen LogP contribution in [-0.2, 0) is 19.1 Å². The average molecular weight is 350 g/mol. The number of anilines is 2. The van der Waals surface area contributed by atoms with Gasteiger partial charge in [0.15, 0.2) is 6.61 Å². The Morgan fingerprint density at radius 1 is 1.32 bits per heavy atom. The molecule has 0 unspecified atom stereocenters. The number of benzene rings is 1. The summed E-state index contributed by atoms with van der Waals surface area (Å²) in [6, 6.07) is 4.79. The summed E-state index contributed by atoms with van der Waals surface area (Å²) in [6.45, 7) is 6.80. The van der Waals surface area contributed by atoms with Crippen LogP contribution in [0.4, 0.5) is 16.2 Å². The number of fused-ring (bicyclic) bond motifs is 1. The molecule has 0 radical (unpaired) electrons. The van der Waals surface area contributed by atoms with E-state index >= 15 is 0 Å². The third-order valence-electron chi connectivity index (χ3n) is 3.14. The summed E-state index contributed by atoms with van der Waals surface area (Å²) in [5.41, 5.74) is 0.172. The highest BCUT2D eigenvalue weighted by molar-refractivity contribution is 6.02. The molecule has 0 atom stereocenters. The molecule has 0 aromatic heterocycles. The Morgan fingerprint density at radius 3 is 2.68 bits per heavy atom. The van der Waals surface area contributed by atoms with Crippen molar-refractivity contribution < 1.29 is 28.6 Å². The van der Waals surface area contributed by atoms with Crippen LogP contribution in [0.3, 0.4) is 0 Å². The van der Waals surface area contributed by atoms with Gasteiger partial charge in [-0.2, -0.15) is 0 Å². The number of amides is 2. The average Bonchev–Trinajstić information content (AvgIpc) is 2.48. The minimum absolute atomic E-state index is 0.161. The molecule has 1 aliphatic rings. The maximum absolute atomic E-state index is 12.1. The topological polar surface area (TPSA) is 94.2 Å². The number of carbonyl (C=O) groups excluding carboxylic acids is 3. The second-order valence-corrected chi connectivity index (χ2v) is 6.38. The molecule has 1 heterocycles. The fraction of sp³-hybridized carbons (Fsp3) is 0.471. The highest BCUT2D eigenvalue weighted by Crippen LogP contribution is 2.34. The van der Waals surface area contributed by atoms with Crippen molar-refractivity contribution in [2.24, 2.45) is 0 Å². The van der Waals surface area contributed by atoms with E-state index in [1.165, 1.54) is 4.90 Å². The molecule has 8 nitrogen and oxygen atoms in total. The molecule has 1 aromatic carbocycles. The van der Waals surface area contributed by atoms with E-state index in [1.54, 1.807) is 45.9 Å². The highest BCUT2D eigenvalue weighted by atomic mass is 16.6. The van der Waals surface area contributed by atoms with Crippen molar-refractivity contribution in [1.29, 1.82) is 0 Å². The molecule has 2 rings (SSSR count). The second kappa shape index (κ2) is 7.42. The number of ether oxygens (including phenoxy) is 3. The third kappa shape index (κ3) is 5.10. The molecular formula is C17H22N2O6. The molecule has 1 aromatic rings. The van der Waals surface area contributed by atoms with Crippen LogP contribution < -0.4 is 15.0 Å². The van der Waals surface area contributed by atoms with Gasteiger partial charge >= 0.3 is 12.1 Å². The van der Waals surface area contributed by atoms with Crippen molar-refractivity contribution in [3.8, 4) is 5.75 Å². The van der Waals surface area contributed by atoms with Gasteiger partial charge < -0.3 is 14.2 Å². The van der Waals surface area contributed by atoms with Crippen molar-refractivity contribution in [2.45, 2.75) is 33.3 Å². The summed E-state index contributed by atoms with van der Waals surface area (Å²) in [6.07, 6.45) is -0.618. The van der Waals surface area contributed by atoms with E-state index in [2.05, 4.69) is 5.32 Å². The van der Waals surface area contributed by atoms with Crippen molar-refractivity contribution >= 4 is 29.3 Å². The molecule has 0 bridgehead atoms. The third-order valence-corrected chi connectivity index (χ3v) is 3.14. The molecule has 0 aliphatic carbocycles. The van der Waals surface area contributed by atoms with Gasteiger partial charge in [0.05, 0.1) is 12.3 Å². The summed E-state index contributed by atoms with van der Waals surface area (Å²) in [5, 5.41) is 2.59. The Morgan fingerprint density at radius 2 is 2.04 bits per heavy atom. The smallest absolute Gasteiger partial charge is 0.412 e. The van der Waals surface area contributed by atoms with Gasteiger partial charge in [-0.3, -0.25) is 19.8 Å². The molecule has 2 amide bonds. The number of nitrogens with zero attached hydrogens (tertiary/aromatic N) is 1. The van der Waals surface area contributed by atoms with Crippen molar-refractivity contribution in [3.05, 3.63) is 18.2 Å². The van der Waals surface area contributed by atoms with E-state index in [0.717, 1.165) is 0 Å². The lowest BCUT2D eigenvalue weighted by Gasteiger charge is -2.29. The first-order valence-electron chi connectivity index (χ1n) is 7.92. The van der Waals surface area contributed by atoms with Crippen molar-refractivity contribution in [2.75, 3.05) is 30.0 Å². The van der Waals surface area contributed by atoms with Crippen molar-refractivity contribution in [1.82, 2.24) is 0 Å². The molecular weight excluding hydrogens is 328 g/mol. The second-order valence-electron chi connectivity index (χ2n) is 6.38. The van der Waals surface area contributed by atoms with Crippen LogP contribution in [0.5, 0.6) is 5.75 Å². The van der Waals surface area contributed by atoms with Gasteiger partial charge in [-0.05, 0) is 45.9 Å². The molecule has 136 valence electrons. The number of esters is 1. The van der Waals surface area contributed by atoms with Crippen LogP contribution in [0.2, 0.25) is 0 Å². The first kappa shape index (κ1) is 18.6. The number of nitrogens with one attached hydrogen (secondary N) is 1. The first-order chi connectivity index (χ1) is 11.7. The predicted octanol–water partition coefficient (Wildman–Crippen LogP) is 2.32. The zero-order chi connectivity index (χ0) is 18.6. The fourth-order valence-electron chi connectivity index (χ4n) is 2.21. The SMILES string of the molecule is CCOC(=O)CN1C(=O)COc2ccc(NC(=O)OC(C)(C)C)cc21. The Kier molecular flexibility index (Phi) is 5.51. The van der Waals surface area contributed by atoms with Gasteiger partial charge in [-0.1, -0.05) is 0 Å². The minimum atomic E-state index is -0.632. The normalized spacial score (nSPS) is 13.6. The van der Waals surface area contributed by atoms with E-state index in [9.17, 15) is 14.4 Å². The number of hydrogen-bond acceptors (Lipinski definition) is 6.